The highest BCUT2D eigenvalue weighted by Crippen LogP contribution is 2.24. The van der Waals surface area contributed by atoms with E-state index in [0.29, 0.717) is 5.57 Å². The minimum atomic E-state index is -4.35. The minimum absolute atomic E-state index is 0.266. The van der Waals surface area contributed by atoms with Crippen LogP contribution in [0.2, 0.25) is 0 Å². The molecular weight excluding hydrogens is 449 g/mol. The van der Waals surface area contributed by atoms with Crippen molar-refractivity contribution in [3.8, 4) is 0 Å². The van der Waals surface area contributed by atoms with Gasteiger partial charge in [-0.3, -0.25) is 0 Å². The van der Waals surface area contributed by atoms with Crippen molar-refractivity contribution < 1.29 is 18.3 Å². The fraction of sp³-hybridized carbons (Fsp3) is 0.655. The molecule has 35 heavy (non-hydrogen) atoms. The van der Waals surface area contributed by atoms with Gasteiger partial charge in [-0.2, -0.15) is 13.2 Å². The van der Waals surface area contributed by atoms with E-state index in [1.807, 2.05) is 20.8 Å². The summed E-state index contributed by atoms with van der Waals surface area (Å²) in [4.78, 5) is 2.27. The zero-order valence-corrected chi connectivity index (χ0v) is 23.7. The van der Waals surface area contributed by atoms with Crippen LogP contribution >= 0.6 is 0 Å². The standard InChI is InChI=1S/C12H26N2O.C10H11F3.C5H12.C2H6/c1-3-5-6-8-13-9-7-10-14(4-2)11-12-15;1-4-5-8(2)6-7-9(3)10(11,12)13;1-3-5-4-2;1-2/h3,5,13,15H,4,6-12H2,1-2H3;4-7H,2-3H2,1H3;3-5H2,1-2H3;1-2H3/b5-3-;5-4+,7-6-;;. The zero-order valence-electron chi connectivity index (χ0n) is 23.7. The molecule has 0 aliphatic carbocycles. The Kier molecular flexibility index (Phi) is 37.5. The second kappa shape index (κ2) is 32.4. The molecule has 0 bridgehead atoms. The van der Waals surface area contributed by atoms with Gasteiger partial charge >= 0.3 is 6.18 Å². The van der Waals surface area contributed by atoms with Crippen LogP contribution in [0.5, 0.6) is 0 Å². The lowest BCUT2D eigenvalue weighted by Gasteiger charge is -2.18. The van der Waals surface area contributed by atoms with Crippen molar-refractivity contribution in [1.82, 2.24) is 10.2 Å². The molecule has 0 unspecified atom stereocenters. The number of nitrogens with zero attached hydrogens (tertiary/aromatic N) is 1. The summed E-state index contributed by atoms with van der Waals surface area (Å²) in [6, 6.07) is 0. The monoisotopic (exact) mass is 504 g/mol. The van der Waals surface area contributed by atoms with E-state index in [4.69, 9.17) is 5.11 Å². The van der Waals surface area contributed by atoms with Gasteiger partial charge in [-0.15, -0.1) is 0 Å². The molecule has 0 spiro atoms. The Hall–Kier alpha value is -1.63. The molecule has 0 aromatic heterocycles. The van der Waals surface area contributed by atoms with Gasteiger partial charge in [0.25, 0.3) is 0 Å². The first kappa shape index (κ1) is 40.5. The summed E-state index contributed by atoms with van der Waals surface area (Å²) >= 11 is 0. The van der Waals surface area contributed by atoms with Crippen LogP contribution in [0.1, 0.15) is 80.6 Å². The van der Waals surface area contributed by atoms with E-state index in [1.54, 1.807) is 19.1 Å². The van der Waals surface area contributed by atoms with E-state index in [1.165, 1.54) is 25.3 Å². The van der Waals surface area contributed by atoms with Gasteiger partial charge in [0.15, 0.2) is 0 Å². The number of unbranched alkanes of at least 4 members (excludes halogenated alkanes) is 2. The van der Waals surface area contributed by atoms with Crippen molar-refractivity contribution in [3.05, 3.63) is 60.8 Å². The van der Waals surface area contributed by atoms with Gasteiger partial charge in [0, 0.05) is 12.1 Å². The summed E-state index contributed by atoms with van der Waals surface area (Å²) in [5.41, 5.74) is -0.369. The molecule has 208 valence electrons. The third-order valence-corrected chi connectivity index (χ3v) is 4.37. The number of likely N-dealkylation sites (N-methyl/N-ethyl adjacent to an activating group) is 1. The van der Waals surface area contributed by atoms with Crippen LogP contribution < -0.4 is 5.32 Å². The topological polar surface area (TPSA) is 35.5 Å². The maximum Gasteiger partial charge on any atom is 0.415 e. The van der Waals surface area contributed by atoms with Gasteiger partial charge in [-0.05, 0) is 58.4 Å². The Labute approximate surface area is 215 Å². The molecule has 0 aromatic carbocycles. The highest BCUT2D eigenvalue weighted by molar-refractivity contribution is 5.33. The summed E-state index contributed by atoms with van der Waals surface area (Å²) in [7, 11) is 0. The van der Waals surface area contributed by atoms with E-state index in [2.05, 4.69) is 56.3 Å². The number of halogens is 3. The third kappa shape index (κ3) is 37.1. The van der Waals surface area contributed by atoms with Crippen molar-refractivity contribution in [1.29, 1.82) is 0 Å². The molecule has 0 amide bonds. The van der Waals surface area contributed by atoms with Crippen molar-refractivity contribution >= 4 is 0 Å². The summed E-state index contributed by atoms with van der Waals surface area (Å²) in [6.07, 6.45) is 11.7. The predicted molar refractivity (Wildman–Crippen MR) is 151 cm³/mol. The first-order valence-corrected chi connectivity index (χ1v) is 13.0. The van der Waals surface area contributed by atoms with Gasteiger partial charge in [0.05, 0.1) is 6.61 Å². The molecule has 6 heteroatoms. The second-order valence-electron chi connectivity index (χ2n) is 7.40. The third-order valence-electron chi connectivity index (χ3n) is 4.37. The first-order valence-electron chi connectivity index (χ1n) is 13.0. The molecule has 0 rings (SSSR count). The maximum absolute atomic E-state index is 11.9. The van der Waals surface area contributed by atoms with Crippen molar-refractivity contribution in [2.75, 3.05) is 39.3 Å². The molecule has 2 N–H and O–H groups in total. The van der Waals surface area contributed by atoms with Crippen LogP contribution in [0.3, 0.4) is 0 Å². The lowest BCUT2D eigenvalue weighted by Crippen LogP contribution is -2.30. The molecule has 0 heterocycles. The van der Waals surface area contributed by atoms with Crippen molar-refractivity contribution in [3.63, 3.8) is 0 Å². The number of aliphatic hydroxyl groups is 1. The highest BCUT2D eigenvalue weighted by atomic mass is 19.4. The number of hydrogen-bond donors (Lipinski definition) is 2. The van der Waals surface area contributed by atoms with Gasteiger partial charge in [-0.1, -0.05) is 103 Å². The van der Waals surface area contributed by atoms with Crippen molar-refractivity contribution in [2.45, 2.75) is 86.7 Å². The fourth-order valence-electron chi connectivity index (χ4n) is 2.40. The predicted octanol–water partition coefficient (Wildman–Crippen LogP) is 8.26. The van der Waals surface area contributed by atoms with E-state index in [9.17, 15) is 13.2 Å². The number of alkyl halides is 3. The van der Waals surface area contributed by atoms with Gasteiger partial charge in [0.1, 0.15) is 0 Å². The summed E-state index contributed by atoms with van der Waals surface area (Å²) in [5, 5.41) is 12.2. The van der Waals surface area contributed by atoms with Gasteiger partial charge in [0.2, 0.25) is 0 Å². The molecule has 0 saturated heterocycles. The molecule has 0 aliphatic heterocycles. The Bertz CT molecular complexity index is 537. The average Bonchev–Trinajstić information content (AvgIpc) is 2.83. The first-order chi connectivity index (χ1) is 16.6. The Morgan fingerprint density at radius 3 is 1.89 bits per heavy atom. The second-order valence-corrected chi connectivity index (χ2v) is 7.40. The lowest BCUT2D eigenvalue weighted by molar-refractivity contribution is -0.0878. The van der Waals surface area contributed by atoms with E-state index >= 15 is 0 Å². The molecule has 0 saturated carbocycles. The lowest BCUT2D eigenvalue weighted by atomic mass is 10.2. The Balaban J connectivity index is -0.000000218. The van der Waals surface area contributed by atoms with Crippen LogP contribution in [0.4, 0.5) is 13.2 Å². The fourth-order valence-corrected chi connectivity index (χ4v) is 2.40. The number of rotatable bonds is 15. The smallest absolute Gasteiger partial charge is 0.395 e. The van der Waals surface area contributed by atoms with Crippen molar-refractivity contribution in [2.24, 2.45) is 0 Å². The van der Waals surface area contributed by atoms with Crippen LogP contribution in [-0.2, 0) is 0 Å². The van der Waals surface area contributed by atoms with Crippen LogP contribution in [0, 0.1) is 0 Å². The molecular formula is C29H55F3N2O. The van der Waals surface area contributed by atoms with E-state index in [0.717, 1.165) is 51.6 Å². The number of allylic oxidation sites excluding steroid dienone is 7. The minimum Gasteiger partial charge on any atom is -0.395 e. The number of aliphatic hydroxyl groups excluding tert-OH is 1. The SMILES string of the molecule is C/C=C\CCNCCCN(CC)CCO.C=C(/C=C\C(=C)C(F)(F)F)/C=C/C.CC.CCCCC. The molecule has 3 nitrogen and oxygen atoms in total. The summed E-state index contributed by atoms with van der Waals surface area (Å²) in [6.45, 7) is 26.1. The largest absolute Gasteiger partial charge is 0.415 e. The Morgan fingerprint density at radius 2 is 1.49 bits per heavy atom. The molecule has 0 aromatic rings. The molecule has 0 aliphatic rings. The normalized spacial score (nSPS) is 11.1. The highest BCUT2D eigenvalue weighted by Gasteiger charge is 2.29. The molecule has 0 fully saturated rings. The Morgan fingerprint density at radius 1 is 0.886 bits per heavy atom. The van der Waals surface area contributed by atoms with Gasteiger partial charge in [-0.25, -0.2) is 0 Å². The van der Waals surface area contributed by atoms with E-state index in [-0.39, 0.29) is 6.61 Å². The van der Waals surface area contributed by atoms with Crippen LogP contribution in [0.15, 0.2) is 60.8 Å². The molecule has 0 radical (unpaired) electrons. The van der Waals surface area contributed by atoms with Gasteiger partial charge < -0.3 is 15.3 Å². The number of nitrogens with one attached hydrogen (secondary N) is 1. The molecule has 0 atom stereocenters. The van der Waals surface area contributed by atoms with E-state index < -0.39 is 11.7 Å². The van der Waals surface area contributed by atoms with Crippen LogP contribution in [0.25, 0.3) is 0 Å². The summed E-state index contributed by atoms with van der Waals surface area (Å²) in [5.74, 6) is 0. The maximum atomic E-state index is 11.9. The zero-order chi connectivity index (χ0) is 28.0. The van der Waals surface area contributed by atoms with Crippen LogP contribution in [-0.4, -0.2) is 55.5 Å². The number of hydrogen-bond acceptors (Lipinski definition) is 3. The summed E-state index contributed by atoms with van der Waals surface area (Å²) < 4.78 is 35.7. The average molecular weight is 505 g/mol. The quantitative estimate of drug-likeness (QED) is 0.134.